The summed E-state index contributed by atoms with van der Waals surface area (Å²) in [4.78, 5) is 28.8. The number of carbonyl (C=O) groups is 2. The van der Waals surface area contributed by atoms with E-state index < -0.39 is 23.8 Å². The van der Waals surface area contributed by atoms with E-state index in [9.17, 15) is 14.7 Å². The van der Waals surface area contributed by atoms with E-state index in [1.807, 2.05) is 30.3 Å². The number of carboxylic acids is 1. The van der Waals surface area contributed by atoms with Gasteiger partial charge in [-0.3, -0.25) is 9.79 Å². The Morgan fingerprint density at radius 1 is 1.07 bits per heavy atom. The van der Waals surface area contributed by atoms with Crippen LogP contribution in [-0.4, -0.2) is 29.9 Å². The fraction of sp³-hybridized carbons (Fsp3) is 0.261. The van der Waals surface area contributed by atoms with Crippen LogP contribution in [0.3, 0.4) is 0 Å². The summed E-state index contributed by atoms with van der Waals surface area (Å²) >= 11 is 0. The molecule has 0 amide bonds. The number of rotatable bonds is 6. The molecule has 1 aliphatic rings. The van der Waals surface area contributed by atoms with Crippen LogP contribution in [-0.2, 0) is 20.9 Å². The Morgan fingerprint density at radius 3 is 2.45 bits per heavy atom. The number of carbonyl (C=O) groups excluding carboxylic acids is 1. The van der Waals surface area contributed by atoms with Gasteiger partial charge in [0.2, 0.25) is 0 Å². The zero-order valence-corrected chi connectivity index (χ0v) is 16.6. The van der Waals surface area contributed by atoms with Gasteiger partial charge in [0.25, 0.3) is 0 Å². The van der Waals surface area contributed by atoms with Gasteiger partial charge in [-0.25, -0.2) is 4.79 Å². The van der Waals surface area contributed by atoms with Crippen molar-refractivity contribution in [1.82, 2.24) is 0 Å². The van der Waals surface area contributed by atoms with Crippen LogP contribution in [0.4, 0.5) is 0 Å². The average Bonchev–Trinajstić information content (AvgIpc) is 2.72. The SMILES string of the molecule is COC(=O)C1=C(C)N=C(C)C(C(=O)O)C1c1cccc(OCc2ccccc2)c1. The summed E-state index contributed by atoms with van der Waals surface area (Å²) in [7, 11) is 1.28. The minimum atomic E-state index is -1.04. The van der Waals surface area contributed by atoms with Crippen molar-refractivity contribution in [3.63, 3.8) is 0 Å². The molecule has 2 aromatic carbocycles. The van der Waals surface area contributed by atoms with Crippen LogP contribution in [0.2, 0.25) is 0 Å². The maximum absolute atomic E-state index is 12.5. The fourth-order valence-corrected chi connectivity index (χ4v) is 3.63. The first-order valence-electron chi connectivity index (χ1n) is 9.26. The predicted octanol–water partition coefficient (Wildman–Crippen LogP) is 3.97. The predicted molar refractivity (Wildman–Crippen MR) is 109 cm³/mol. The Hall–Kier alpha value is -3.41. The molecule has 0 radical (unpaired) electrons. The lowest BCUT2D eigenvalue weighted by molar-refractivity contribution is -0.140. The van der Waals surface area contributed by atoms with Gasteiger partial charge in [0.05, 0.1) is 12.7 Å². The number of carboxylic acid groups (broad SMARTS) is 1. The van der Waals surface area contributed by atoms with Gasteiger partial charge in [-0.05, 0) is 37.1 Å². The Labute approximate surface area is 169 Å². The van der Waals surface area contributed by atoms with E-state index in [-0.39, 0.29) is 5.57 Å². The zero-order valence-electron chi connectivity index (χ0n) is 16.6. The Morgan fingerprint density at radius 2 is 1.79 bits per heavy atom. The molecule has 2 unspecified atom stereocenters. The highest BCUT2D eigenvalue weighted by atomic mass is 16.5. The highest BCUT2D eigenvalue weighted by Crippen LogP contribution is 2.40. The molecule has 6 heteroatoms. The molecule has 1 heterocycles. The number of benzene rings is 2. The lowest BCUT2D eigenvalue weighted by Gasteiger charge is -2.30. The molecule has 3 rings (SSSR count). The minimum Gasteiger partial charge on any atom is -0.489 e. The smallest absolute Gasteiger partial charge is 0.336 e. The van der Waals surface area contributed by atoms with Gasteiger partial charge in [0.15, 0.2) is 0 Å². The summed E-state index contributed by atoms with van der Waals surface area (Å²) in [6, 6.07) is 16.9. The molecular formula is C23H23NO5. The van der Waals surface area contributed by atoms with E-state index in [4.69, 9.17) is 9.47 Å². The van der Waals surface area contributed by atoms with Crippen LogP contribution in [0.15, 0.2) is 70.9 Å². The molecular weight excluding hydrogens is 370 g/mol. The Bertz CT molecular complexity index is 978. The van der Waals surface area contributed by atoms with Crippen LogP contribution >= 0.6 is 0 Å². The van der Waals surface area contributed by atoms with Gasteiger partial charge in [-0.2, -0.15) is 0 Å². The topological polar surface area (TPSA) is 85.2 Å². The second kappa shape index (κ2) is 8.73. The summed E-state index contributed by atoms with van der Waals surface area (Å²) in [5, 5.41) is 9.83. The quantitative estimate of drug-likeness (QED) is 0.751. The molecule has 1 aliphatic heterocycles. The number of hydrogen-bond donors (Lipinski definition) is 1. The van der Waals surface area contributed by atoms with Crippen molar-refractivity contribution in [1.29, 1.82) is 0 Å². The van der Waals surface area contributed by atoms with Crippen molar-refractivity contribution >= 4 is 17.7 Å². The lowest BCUT2D eigenvalue weighted by atomic mass is 9.75. The number of esters is 1. The summed E-state index contributed by atoms with van der Waals surface area (Å²) in [6.07, 6.45) is 0. The molecule has 0 bridgehead atoms. The van der Waals surface area contributed by atoms with E-state index in [0.29, 0.717) is 29.3 Å². The van der Waals surface area contributed by atoms with E-state index in [1.165, 1.54) is 7.11 Å². The van der Waals surface area contributed by atoms with Gasteiger partial charge in [0, 0.05) is 17.3 Å². The summed E-state index contributed by atoms with van der Waals surface area (Å²) in [6.45, 7) is 3.74. The normalized spacial score (nSPS) is 18.8. The van der Waals surface area contributed by atoms with Gasteiger partial charge < -0.3 is 14.6 Å². The standard InChI is InChI=1S/C23H23NO5/c1-14-19(22(25)26)21(20(15(2)24-14)23(27)28-3)17-10-7-11-18(12-17)29-13-16-8-5-4-6-9-16/h4-12,19,21H,13H2,1-3H3,(H,25,26). The number of ether oxygens (including phenoxy) is 2. The number of aliphatic imine (C=N–C) groups is 1. The van der Waals surface area contributed by atoms with Gasteiger partial charge in [-0.1, -0.05) is 42.5 Å². The largest absolute Gasteiger partial charge is 0.489 e. The van der Waals surface area contributed by atoms with Crippen molar-refractivity contribution in [2.75, 3.05) is 7.11 Å². The van der Waals surface area contributed by atoms with Crippen molar-refractivity contribution in [3.8, 4) is 5.75 Å². The maximum Gasteiger partial charge on any atom is 0.336 e. The molecule has 0 saturated heterocycles. The fourth-order valence-electron chi connectivity index (χ4n) is 3.63. The van der Waals surface area contributed by atoms with Crippen LogP contribution in [0.25, 0.3) is 0 Å². The number of hydrogen-bond acceptors (Lipinski definition) is 5. The zero-order chi connectivity index (χ0) is 21.0. The lowest BCUT2D eigenvalue weighted by Crippen LogP contribution is -2.35. The molecule has 2 aromatic rings. The number of allylic oxidation sites excluding steroid dienone is 1. The maximum atomic E-state index is 12.5. The highest BCUT2D eigenvalue weighted by Gasteiger charge is 2.41. The minimum absolute atomic E-state index is 0.255. The monoisotopic (exact) mass is 393 g/mol. The van der Waals surface area contributed by atoms with Gasteiger partial charge >= 0.3 is 11.9 Å². The first kappa shape index (κ1) is 20.3. The molecule has 0 saturated carbocycles. The average molecular weight is 393 g/mol. The summed E-state index contributed by atoms with van der Waals surface area (Å²) < 4.78 is 10.8. The Kier molecular flexibility index (Phi) is 6.12. The van der Waals surface area contributed by atoms with Crippen molar-refractivity contribution in [2.24, 2.45) is 10.9 Å². The molecule has 0 fully saturated rings. The molecule has 0 spiro atoms. The number of nitrogens with zero attached hydrogens (tertiary/aromatic N) is 1. The number of methoxy groups -OCH3 is 1. The van der Waals surface area contributed by atoms with Crippen LogP contribution in [0, 0.1) is 5.92 Å². The highest BCUT2D eigenvalue weighted by molar-refractivity contribution is 6.06. The van der Waals surface area contributed by atoms with E-state index in [1.54, 1.807) is 38.1 Å². The van der Waals surface area contributed by atoms with E-state index in [0.717, 1.165) is 5.56 Å². The van der Waals surface area contributed by atoms with Crippen molar-refractivity contribution in [2.45, 2.75) is 26.4 Å². The third-order valence-electron chi connectivity index (χ3n) is 4.97. The number of aliphatic carboxylic acids is 1. The first-order chi connectivity index (χ1) is 13.9. The molecule has 6 nitrogen and oxygen atoms in total. The first-order valence-corrected chi connectivity index (χ1v) is 9.26. The van der Waals surface area contributed by atoms with Crippen molar-refractivity contribution in [3.05, 3.63) is 77.0 Å². The molecule has 150 valence electrons. The van der Waals surface area contributed by atoms with Gasteiger partial charge in [-0.15, -0.1) is 0 Å². The van der Waals surface area contributed by atoms with Crippen molar-refractivity contribution < 1.29 is 24.2 Å². The molecule has 0 aromatic heterocycles. The second-order valence-corrected chi connectivity index (χ2v) is 6.88. The molecule has 29 heavy (non-hydrogen) atoms. The van der Waals surface area contributed by atoms with Crippen LogP contribution in [0.5, 0.6) is 5.75 Å². The van der Waals surface area contributed by atoms with Gasteiger partial charge in [0.1, 0.15) is 18.3 Å². The van der Waals surface area contributed by atoms with Crippen LogP contribution < -0.4 is 4.74 Å². The second-order valence-electron chi connectivity index (χ2n) is 6.88. The third kappa shape index (κ3) is 4.37. The Balaban J connectivity index is 1.98. The third-order valence-corrected chi connectivity index (χ3v) is 4.97. The molecule has 1 N–H and O–H groups in total. The molecule has 2 atom stereocenters. The van der Waals surface area contributed by atoms with E-state index in [2.05, 4.69) is 4.99 Å². The molecule has 0 aliphatic carbocycles. The summed E-state index contributed by atoms with van der Waals surface area (Å²) in [5.41, 5.74) is 2.85. The van der Waals surface area contributed by atoms with E-state index >= 15 is 0 Å². The summed E-state index contributed by atoms with van der Waals surface area (Å²) in [5.74, 6) is -2.70. The van der Waals surface area contributed by atoms with Crippen LogP contribution in [0.1, 0.15) is 30.9 Å².